The van der Waals surface area contributed by atoms with Crippen molar-refractivity contribution in [2.75, 3.05) is 11.9 Å². The third-order valence-corrected chi connectivity index (χ3v) is 3.56. The van der Waals surface area contributed by atoms with E-state index in [-0.39, 0.29) is 6.03 Å². The van der Waals surface area contributed by atoms with Crippen LogP contribution in [-0.2, 0) is 6.54 Å². The van der Waals surface area contributed by atoms with Gasteiger partial charge in [-0.05, 0) is 37.1 Å². The molecule has 0 aliphatic rings. The number of nitrogens with zero attached hydrogens (tertiary/aromatic N) is 1. The van der Waals surface area contributed by atoms with Crippen LogP contribution in [0.25, 0.3) is 0 Å². The van der Waals surface area contributed by atoms with Gasteiger partial charge in [0.15, 0.2) is 0 Å². The normalized spacial score (nSPS) is 10.2. The summed E-state index contributed by atoms with van der Waals surface area (Å²) in [5, 5.41) is 3.54. The van der Waals surface area contributed by atoms with E-state index in [2.05, 4.69) is 5.32 Å². The number of rotatable bonds is 4. The van der Waals surface area contributed by atoms with Crippen LogP contribution in [0.4, 0.5) is 10.5 Å². The zero-order chi connectivity index (χ0) is 15.2. The van der Waals surface area contributed by atoms with Crippen LogP contribution >= 0.6 is 11.6 Å². The first-order valence-corrected chi connectivity index (χ1v) is 7.34. The van der Waals surface area contributed by atoms with Crippen molar-refractivity contribution in [2.45, 2.75) is 20.4 Å². The molecule has 110 valence electrons. The van der Waals surface area contributed by atoms with Gasteiger partial charge in [0, 0.05) is 23.8 Å². The molecule has 21 heavy (non-hydrogen) atoms. The highest BCUT2D eigenvalue weighted by atomic mass is 35.5. The van der Waals surface area contributed by atoms with E-state index in [9.17, 15) is 4.79 Å². The maximum absolute atomic E-state index is 12.4. The largest absolute Gasteiger partial charge is 0.322 e. The summed E-state index contributed by atoms with van der Waals surface area (Å²) >= 11 is 5.98. The minimum Gasteiger partial charge on any atom is -0.320 e. The average Bonchev–Trinajstić information content (AvgIpc) is 2.49. The van der Waals surface area contributed by atoms with Crippen molar-refractivity contribution in [3.63, 3.8) is 0 Å². The fourth-order valence-corrected chi connectivity index (χ4v) is 2.23. The second kappa shape index (κ2) is 7.14. The number of aryl methyl sites for hydroxylation is 1. The zero-order valence-electron chi connectivity index (χ0n) is 12.3. The van der Waals surface area contributed by atoms with Crippen LogP contribution in [0, 0.1) is 6.92 Å². The Morgan fingerprint density at radius 1 is 1.19 bits per heavy atom. The predicted octanol–water partition coefficient (Wildman–Crippen LogP) is 4.70. The lowest BCUT2D eigenvalue weighted by Gasteiger charge is -2.22. The van der Waals surface area contributed by atoms with Crippen LogP contribution < -0.4 is 5.32 Å². The Labute approximate surface area is 130 Å². The van der Waals surface area contributed by atoms with Crippen LogP contribution in [0.2, 0.25) is 5.02 Å². The standard InChI is InChI=1S/C17H19ClN2O/c1-3-20(12-14-7-5-4-6-8-14)17(21)19-16-11-15(18)10-9-13(16)2/h4-11H,3,12H2,1-2H3,(H,19,21). The zero-order valence-corrected chi connectivity index (χ0v) is 13.0. The van der Waals surface area contributed by atoms with Gasteiger partial charge in [0.05, 0.1) is 0 Å². The number of anilines is 1. The van der Waals surface area contributed by atoms with Gasteiger partial charge in [-0.3, -0.25) is 0 Å². The molecule has 4 heteroatoms. The van der Waals surface area contributed by atoms with E-state index in [0.717, 1.165) is 16.8 Å². The van der Waals surface area contributed by atoms with Gasteiger partial charge in [-0.25, -0.2) is 4.79 Å². The first-order chi connectivity index (χ1) is 10.1. The number of urea groups is 1. The fourth-order valence-electron chi connectivity index (χ4n) is 2.05. The number of halogens is 1. The average molecular weight is 303 g/mol. The second-order valence-electron chi connectivity index (χ2n) is 4.89. The van der Waals surface area contributed by atoms with Crippen LogP contribution in [0.3, 0.4) is 0 Å². The van der Waals surface area contributed by atoms with E-state index >= 15 is 0 Å². The molecule has 3 nitrogen and oxygen atoms in total. The molecule has 0 saturated carbocycles. The number of benzene rings is 2. The van der Waals surface area contributed by atoms with Crippen LogP contribution in [0.15, 0.2) is 48.5 Å². The topological polar surface area (TPSA) is 32.3 Å². The van der Waals surface area contributed by atoms with Gasteiger partial charge in [-0.15, -0.1) is 0 Å². The summed E-state index contributed by atoms with van der Waals surface area (Å²) in [6.45, 7) is 5.13. The smallest absolute Gasteiger partial charge is 0.320 e. The molecule has 0 atom stereocenters. The number of hydrogen-bond donors (Lipinski definition) is 1. The molecule has 0 aliphatic heterocycles. The molecule has 2 amide bonds. The molecule has 1 N–H and O–H groups in total. The van der Waals surface area contributed by atoms with Crippen molar-refractivity contribution in [2.24, 2.45) is 0 Å². The highest BCUT2D eigenvalue weighted by Crippen LogP contribution is 2.20. The van der Waals surface area contributed by atoms with Gasteiger partial charge in [0.25, 0.3) is 0 Å². The molecule has 2 aromatic carbocycles. The van der Waals surface area contributed by atoms with Crippen molar-refractivity contribution in [3.05, 3.63) is 64.7 Å². The van der Waals surface area contributed by atoms with Gasteiger partial charge < -0.3 is 10.2 Å². The van der Waals surface area contributed by atoms with Gasteiger partial charge in [-0.1, -0.05) is 48.0 Å². The summed E-state index contributed by atoms with van der Waals surface area (Å²) in [6.07, 6.45) is 0. The van der Waals surface area contributed by atoms with Gasteiger partial charge in [-0.2, -0.15) is 0 Å². The molecule has 0 aromatic heterocycles. The molecule has 2 rings (SSSR count). The number of nitrogens with one attached hydrogen (secondary N) is 1. The number of hydrogen-bond acceptors (Lipinski definition) is 1. The number of amides is 2. The summed E-state index contributed by atoms with van der Waals surface area (Å²) in [7, 11) is 0. The molecular weight excluding hydrogens is 284 g/mol. The number of carbonyl (C=O) groups is 1. The van der Waals surface area contributed by atoms with E-state index in [1.54, 1.807) is 11.0 Å². The molecule has 0 bridgehead atoms. The fraction of sp³-hybridized carbons (Fsp3) is 0.235. The monoisotopic (exact) mass is 302 g/mol. The molecular formula is C17H19ClN2O. The van der Waals surface area contributed by atoms with E-state index in [1.807, 2.05) is 56.3 Å². The molecule has 0 fully saturated rings. The van der Waals surface area contributed by atoms with Crippen LogP contribution in [0.1, 0.15) is 18.1 Å². The van der Waals surface area contributed by atoms with E-state index in [0.29, 0.717) is 18.1 Å². The third kappa shape index (κ3) is 4.23. The van der Waals surface area contributed by atoms with E-state index < -0.39 is 0 Å². The summed E-state index contributed by atoms with van der Waals surface area (Å²) < 4.78 is 0. The highest BCUT2D eigenvalue weighted by molar-refractivity contribution is 6.31. The first-order valence-electron chi connectivity index (χ1n) is 6.96. The maximum Gasteiger partial charge on any atom is 0.322 e. The molecule has 0 aliphatic carbocycles. The number of carbonyl (C=O) groups excluding carboxylic acids is 1. The Kier molecular flexibility index (Phi) is 5.23. The quantitative estimate of drug-likeness (QED) is 0.872. The second-order valence-corrected chi connectivity index (χ2v) is 5.33. The maximum atomic E-state index is 12.4. The Morgan fingerprint density at radius 3 is 2.57 bits per heavy atom. The Balaban J connectivity index is 2.08. The summed E-state index contributed by atoms with van der Waals surface area (Å²) in [5.41, 5.74) is 2.85. The van der Waals surface area contributed by atoms with Crippen LogP contribution in [-0.4, -0.2) is 17.5 Å². The lowest BCUT2D eigenvalue weighted by Crippen LogP contribution is -2.34. The molecule has 0 unspecified atom stereocenters. The Bertz CT molecular complexity index is 613. The predicted molar refractivity (Wildman–Crippen MR) is 87.7 cm³/mol. The molecule has 0 spiro atoms. The van der Waals surface area contributed by atoms with Crippen molar-refractivity contribution >= 4 is 23.3 Å². The Morgan fingerprint density at radius 2 is 1.90 bits per heavy atom. The summed E-state index contributed by atoms with van der Waals surface area (Å²) in [4.78, 5) is 14.1. The van der Waals surface area contributed by atoms with E-state index in [1.165, 1.54) is 0 Å². The minimum absolute atomic E-state index is 0.119. The first kappa shape index (κ1) is 15.4. The lowest BCUT2D eigenvalue weighted by molar-refractivity contribution is 0.212. The van der Waals surface area contributed by atoms with Crippen molar-refractivity contribution in [1.82, 2.24) is 4.90 Å². The lowest BCUT2D eigenvalue weighted by atomic mass is 10.2. The molecule has 2 aromatic rings. The van der Waals surface area contributed by atoms with Crippen molar-refractivity contribution in [3.8, 4) is 0 Å². The molecule has 0 heterocycles. The third-order valence-electron chi connectivity index (χ3n) is 3.33. The van der Waals surface area contributed by atoms with Crippen molar-refractivity contribution in [1.29, 1.82) is 0 Å². The van der Waals surface area contributed by atoms with Crippen LogP contribution in [0.5, 0.6) is 0 Å². The van der Waals surface area contributed by atoms with Crippen molar-refractivity contribution < 1.29 is 4.79 Å². The Hall–Kier alpha value is -2.00. The molecule has 0 saturated heterocycles. The van der Waals surface area contributed by atoms with E-state index in [4.69, 9.17) is 11.6 Å². The summed E-state index contributed by atoms with van der Waals surface area (Å²) in [5.74, 6) is 0. The minimum atomic E-state index is -0.119. The van der Waals surface area contributed by atoms with Gasteiger partial charge >= 0.3 is 6.03 Å². The highest BCUT2D eigenvalue weighted by Gasteiger charge is 2.13. The summed E-state index contributed by atoms with van der Waals surface area (Å²) in [6, 6.07) is 15.3. The van der Waals surface area contributed by atoms with Gasteiger partial charge in [0.1, 0.15) is 0 Å². The SMILES string of the molecule is CCN(Cc1ccccc1)C(=O)Nc1cc(Cl)ccc1C. The molecule has 0 radical (unpaired) electrons. The van der Waals surface area contributed by atoms with Gasteiger partial charge in [0.2, 0.25) is 0 Å².